The van der Waals surface area contributed by atoms with Crippen molar-refractivity contribution in [2.24, 2.45) is 28.7 Å². The zero-order valence-electron chi connectivity index (χ0n) is 51.4. The number of amides is 8. The molecule has 0 spiro atoms. The number of benzene rings is 2. The van der Waals surface area contributed by atoms with Gasteiger partial charge in [-0.25, -0.2) is 4.99 Å². The molecule has 0 aliphatic carbocycles. The standard InChI is InChI=1S/C60H92Cl2N8O15/c1-13-39(6)54(47(80-11)33-50(73)70-24-17-20-46(70)56(81-12)40(7)57(76)64-41(8)55(75)42-18-15-14-16-19-42)69(10)60(79)52(37(2)3)67-59(78)53(38(4)5)68(9)51(74)36-85-31-30-84-29-28-83-27-26-82-25-23-63-58(77)43-21-22-44(65-48(71)34-61)45(32-43)66-49(72)35-62/h14-16,18-19,21-23,32,37-41,46-47,52-56,75H,13,17,20,24-31,33-36H2,1-12H3,(H,64,76)(H,65,71)(H,66,72)(H,67,78)/t39?,40?,41-,46?,47?,52-,53?,54?,55-,56?/m0/s1. The van der Waals surface area contributed by atoms with Crippen molar-refractivity contribution in [3.8, 4) is 0 Å². The average Bonchev–Trinajstić information content (AvgIpc) is 4.15. The molecule has 1 aliphatic heterocycles. The second-order valence-corrected chi connectivity index (χ2v) is 22.3. The Morgan fingerprint density at radius 1 is 0.753 bits per heavy atom. The van der Waals surface area contributed by atoms with Crippen molar-refractivity contribution in [2.75, 3.05) is 110 Å². The van der Waals surface area contributed by atoms with Gasteiger partial charge in [0.15, 0.2) is 0 Å². The summed E-state index contributed by atoms with van der Waals surface area (Å²) in [6, 6.07) is 9.78. The smallest absolute Gasteiger partial charge is 0.276 e. The molecule has 0 bridgehead atoms. The maximum absolute atomic E-state index is 14.7. The largest absolute Gasteiger partial charge is 0.386 e. The predicted molar refractivity (Wildman–Crippen MR) is 325 cm³/mol. The SMILES string of the molecule is CCC(C)C(C(CC(=O)N1CCCC1C(OC)C(C)C(=O)N[C@@H](C)[C@H](O)c1ccccc1)OC)N(C)C(=O)[C@@H](NC(=O)C(C(C)C)N(C)C(=O)COCCOCCOCCOCC=NC(=O)c1ccc(NC(=O)CCl)c(NC(=O)CCl)c1)C(C)C. The second-order valence-electron chi connectivity index (χ2n) is 21.8. The Hall–Kier alpha value is -5.63. The predicted octanol–water partition coefficient (Wildman–Crippen LogP) is 5.10. The molecule has 3 rings (SSSR count). The lowest BCUT2D eigenvalue weighted by molar-refractivity contribution is -0.149. The highest BCUT2D eigenvalue weighted by Gasteiger charge is 2.44. The Morgan fingerprint density at radius 2 is 1.35 bits per heavy atom. The van der Waals surface area contributed by atoms with E-state index in [9.17, 15) is 43.5 Å². The van der Waals surface area contributed by atoms with E-state index in [1.54, 1.807) is 42.8 Å². The van der Waals surface area contributed by atoms with Crippen LogP contribution < -0.4 is 21.3 Å². The molecule has 0 aromatic heterocycles. The number of nitrogens with zero attached hydrogens (tertiary/aromatic N) is 4. The molecule has 1 fully saturated rings. The summed E-state index contributed by atoms with van der Waals surface area (Å²) in [6.45, 7) is 16.0. The lowest BCUT2D eigenvalue weighted by Gasteiger charge is -2.41. The number of carbonyl (C=O) groups is 8. The van der Waals surface area contributed by atoms with E-state index in [0.29, 0.717) is 31.4 Å². The van der Waals surface area contributed by atoms with Gasteiger partial charge in [0.25, 0.3) is 5.91 Å². The number of hydrogen-bond acceptors (Lipinski definition) is 15. The second kappa shape index (κ2) is 38.5. The number of alkyl halides is 2. The number of aliphatic imine (C=N–C) groups is 1. The molecular formula is C60H92Cl2N8O15. The third-order valence-corrected chi connectivity index (χ3v) is 15.5. The number of likely N-dealkylation sites (tertiary alicyclic amines) is 1. The van der Waals surface area contributed by atoms with Gasteiger partial charge in [-0.1, -0.05) is 85.2 Å². The number of aliphatic hydroxyl groups excluding tert-OH is 1. The molecule has 0 radical (unpaired) electrons. The number of nitrogens with one attached hydrogen (secondary N) is 4. The fraction of sp³-hybridized carbons (Fsp3) is 0.650. The minimum Gasteiger partial charge on any atom is -0.386 e. The Balaban J connectivity index is 1.48. The van der Waals surface area contributed by atoms with Crippen molar-refractivity contribution in [1.29, 1.82) is 0 Å². The number of carbonyl (C=O) groups excluding carboxylic acids is 8. The minimum atomic E-state index is -0.995. The molecule has 7 unspecified atom stereocenters. The molecular weight excluding hydrogens is 1140 g/mol. The van der Waals surface area contributed by atoms with E-state index in [4.69, 9.17) is 51.6 Å². The van der Waals surface area contributed by atoms with Crippen LogP contribution in [0.4, 0.5) is 11.4 Å². The molecule has 8 amide bonds. The summed E-state index contributed by atoms with van der Waals surface area (Å²) in [4.78, 5) is 115. The van der Waals surface area contributed by atoms with Gasteiger partial charge in [0.05, 0.1) is 106 Å². The van der Waals surface area contributed by atoms with Crippen LogP contribution in [0.1, 0.15) is 103 Å². The molecule has 1 heterocycles. The zero-order valence-corrected chi connectivity index (χ0v) is 53.0. The highest BCUT2D eigenvalue weighted by Crippen LogP contribution is 2.31. The zero-order chi connectivity index (χ0) is 63.3. The topological polar surface area (TPSA) is 282 Å². The van der Waals surface area contributed by atoms with Gasteiger partial charge >= 0.3 is 0 Å². The molecule has 5 N–H and O–H groups in total. The monoisotopic (exact) mass is 1230 g/mol. The molecule has 0 saturated carbocycles. The van der Waals surface area contributed by atoms with E-state index < -0.39 is 84.0 Å². The summed E-state index contributed by atoms with van der Waals surface area (Å²) in [7, 11) is 6.21. The van der Waals surface area contributed by atoms with E-state index in [-0.39, 0.29) is 123 Å². The van der Waals surface area contributed by atoms with Crippen molar-refractivity contribution in [2.45, 2.75) is 130 Å². The number of halogens is 2. The third kappa shape index (κ3) is 23.2. The lowest BCUT2D eigenvalue weighted by Crippen LogP contribution is -2.60. The van der Waals surface area contributed by atoms with E-state index in [1.165, 1.54) is 50.6 Å². The first-order chi connectivity index (χ1) is 40.5. The summed E-state index contributed by atoms with van der Waals surface area (Å²) < 4.78 is 34.2. The fourth-order valence-corrected chi connectivity index (χ4v) is 10.3. The third-order valence-electron chi connectivity index (χ3n) is 15.0. The fourth-order valence-electron chi connectivity index (χ4n) is 10.1. The first-order valence-electron chi connectivity index (χ1n) is 28.9. The normalized spacial score (nSPS) is 16.6. The van der Waals surface area contributed by atoms with Crippen molar-refractivity contribution in [1.82, 2.24) is 25.3 Å². The van der Waals surface area contributed by atoms with Crippen molar-refractivity contribution in [3.05, 3.63) is 59.7 Å². The molecule has 10 atom stereocenters. The molecule has 85 heavy (non-hydrogen) atoms. The van der Waals surface area contributed by atoms with Crippen LogP contribution in [0.15, 0.2) is 53.5 Å². The summed E-state index contributed by atoms with van der Waals surface area (Å²) in [5.41, 5.74) is 1.21. The van der Waals surface area contributed by atoms with Crippen LogP contribution in [0.3, 0.4) is 0 Å². The Bertz CT molecular complexity index is 2480. The van der Waals surface area contributed by atoms with E-state index in [1.807, 2.05) is 59.7 Å². The number of hydrogen-bond donors (Lipinski definition) is 5. The van der Waals surface area contributed by atoms with E-state index in [0.717, 1.165) is 0 Å². The first kappa shape index (κ1) is 73.6. The number of methoxy groups -OCH3 is 2. The van der Waals surface area contributed by atoms with E-state index in [2.05, 4.69) is 26.3 Å². The lowest BCUT2D eigenvalue weighted by atomic mass is 9.89. The van der Waals surface area contributed by atoms with Crippen LogP contribution >= 0.6 is 23.2 Å². The number of rotatable bonds is 38. The van der Waals surface area contributed by atoms with Crippen LogP contribution in [0.2, 0.25) is 0 Å². The molecule has 476 valence electrons. The summed E-state index contributed by atoms with van der Waals surface area (Å²) in [5.74, 6) is -5.70. The molecule has 1 aliphatic rings. The van der Waals surface area contributed by atoms with Gasteiger partial charge in [0.2, 0.25) is 41.4 Å². The maximum atomic E-state index is 14.7. The molecule has 23 nitrogen and oxygen atoms in total. The van der Waals surface area contributed by atoms with Crippen LogP contribution in [-0.4, -0.2) is 215 Å². The highest BCUT2D eigenvalue weighted by molar-refractivity contribution is 6.30. The molecule has 2 aromatic carbocycles. The van der Waals surface area contributed by atoms with Gasteiger partial charge < -0.3 is 69.5 Å². The van der Waals surface area contributed by atoms with Crippen molar-refractivity contribution >= 4 is 88.0 Å². The minimum absolute atomic E-state index is 0.0182. The van der Waals surface area contributed by atoms with Gasteiger partial charge in [0.1, 0.15) is 30.5 Å². The molecule has 2 aromatic rings. The van der Waals surface area contributed by atoms with Gasteiger partial charge in [-0.15, -0.1) is 23.2 Å². The Labute approximate surface area is 511 Å². The van der Waals surface area contributed by atoms with Gasteiger partial charge in [-0.05, 0) is 61.3 Å². The van der Waals surface area contributed by atoms with E-state index >= 15 is 0 Å². The highest BCUT2D eigenvalue weighted by atomic mass is 35.5. The quantitative estimate of drug-likeness (QED) is 0.0332. The van der Waals surface area contributed by atoms with Gasteiger partial charge in [0, 0.05) is 46.6 Å². The Morgan fingerprint density at radius 3 is 1.92 bits per heavy atom. The number of anilines is 2. The number of ether oxygens (including phenoxy) is 6. The van der Waals surface area contributed by atoms with Crippen molar-refractivity contribution in [3.63, 3.8) is 0 Å². The number of aliphatic hydroxyl groups is 1. The van der Waals surface area contributed by atoms with Crippen LogP contribution in [0.5, 0.6) is 0 Å². The summed E-state index contributed by atoms with van der Waals surface area (Å²) in [5, 5.41) is 21.9. The molecule has 1 saturated heterocycles. The average molecular weight is 1240 g/mol. The first-order valence-corrected chi connectivity index (χ1v) is 30.0. The van der Waals surface area contributed by atoms with Crippen LogP contribution in [0, 0.1) is 23.7 Å². The molecule has 25 heteroatoms. The van der Waals surface area contributed by atoms with Crippen LogP contribution in [0.25, 0.3) is 0 Å². The van der Waals surface area contributed by atoms with Crippen molar-refractivity contribution < 1.29 is 71.9 Å². The maximum Gasteiger partial charge on any atom is 0.276 e. The Kier molecular flexibility index (Phi) is 33.4. The van der Waals surface area contributed by atoms with Gasteiger partial charge in [-0.2, -0.15) is 0 Å². The summed E-state index contributed by atoms with van der Waals surface area (Å²) >= 11 is 11.2. The van der Waals surface area contributed by atoms with Gasteiger partial charge in [-0.3, -0.25) is 38.4 Å². The summed E-state index contributed by atoms with van der Waals surface area (Å²) in [6.07, 6.45) is 0.875. The number of likely N-dealkylation sites (N-methyl/N-ethyl adjacent to an activating group) is 2. The van der Waals surface area contributed by atoms with Crippen LogP contribution in [-0.2, 0) is 62.0 Å².